The van der Waals surface area contributed by atoms with E-state index in [2.05, 4.69) is 15.0 Å². The van der Waals surface area contributed by atoms with Crippen molar-refractivity contribution in [2.24, 2.45) is 0 Å². The largest absolute Gasteiger partial charge is 0.493 e. The fourth-order valence-corrected chi connectivity index (χ4v) is 3.98. The number of fused-ring (bicyclic) bond motifs is 1. The molecule has 0 spiro atoms. The molecule has 4 aromatic rings. The Morgan fingerprint density at radius 3 is 2.73 bits per heavy atom. The van der Waals surface area contributed by atoms with Crippen LogP contribution in [0.2, 0.25) is 0 Å². The molecule has 0 unspecified atom stereocenters. The van der Waals surface area contributed by atoms with Crippen LogP contribution in [0.15, 0.2) is 59.5 Å². The number of hydrogen-bond acceptors (Lipinski definition) is 5. The van der Waals surface area contributed by atoms with E-state index in [0.717, 1.165) is 29.4 Å². The van der Waals surface area contributed by atoms with Crippen LogP contribution < -0.4 is 15.2 Å². The highest BCUT2D eigenvalue weighted by molar-refractivity contribution is 5.76. The minimum atomic E-state index is -0.270. The maximum absolute atomic E-state index is 12.5. The highest BCUT2D eigenvalue weighted by Crippen LogP contribution is 2.35. The summed E-state index contributed by atoms with van der Waals surface area (Å²) in [6.07, 6.45) is 6.40. The molecule has 5 rings (SSSR count). The van der Waals surface area contributed by atoms with E-state index in [1.807, 2.05) is 48.5 Å². The third kappa shape index (κ3) is 3.32. The van der Waals surface area contributed by atoms with E-state index in [-0.39, 0.29) is 11.8 Å². The summed E-state index contributed by atoms with van der Waals surface area (Å²) in [7, 11) is 1.64. The van der Waals surface area contributed by atoms with Crippen molar-refractivity contribution in [3.63, 3.8) is 0 Å². The molecule has 30 heavy (non-hydrogen) atoms. The summed E-state index contributed by atoms with van der Waals surface area (Å²) < 4.78 is 13.2. The van der Waals surface area contributed by atoms with Gasteiger partial charge in [0.2, 0.25) is 5.95 Å². The zero-order chi connectivity index (χ0) is 20.5. The molecular weight excluding hydrogens is 380 g/mol. The molecule has 2 heterocycles. The first-order valence-electron chi connectivity index (χ1n) is 10.1. The van der Waals surface area contributed by atoms with E-state index in [1.54, 1.807) is 13.3 Å². The van der Waals surface area contributed by atoms with E-state index in [1.165, 1.54) is 17.4 Å². The summed E-state index contributed by atoms with van der Waals surface area (Å²) in [5.74, 6) is 1.74. The lowest BCUT2D eigenvalue weighted by Gasteiger charge is -2.17. The topological polar surface area (TPSA) is 82.0 Å². The molecule has 7 nitrogen and oxygen atoms in total. The summed E-state index contributed by atoms with van der Waals surface area (Å²) in [5.41, 5.74) is 2.79. The van der Waals surface area contributed by atoms with Gasteiger partial charge < -0.3 is 14.5 Å². The lowest BCUT2D eigenvalue weighted by atomic mass is 10.1. The zero-order valence-electron chi connectivity index (χ0n) is 16.7. The summed E-state index contributed by atoms with van der Waals surface area (Å²) in [6, 6.07) is 15.1. The molecule has 7 heteroatoms. The summed E-state index contributed by atoms with van der Waals surface area (Å²) in [4.78, 5) is 24.3. The molecule has 1 fully saturated rings. The molecule has 2 aromatic heterocycles. The number of aromatic amines is 1. The lowest BCUT2D eigenvalue weighted by Crippen LogP contribution is -2.17. The predicted molar refractivity (Wildman–Crippen MR) is 114 cm³/mol. The normalized spacial score (nSPS) is 14.3. The number of nitrogens with zero attached hydrogens (tertiary/aromatic N) is 3. The van der Waals surface area contributed by atoms with E-state index in [9.17, 15) is 4.79 Å². The Hall–Kier alpha value is -3.61. The third-order valence-corrected chi connectivity index (χ3v) is 5.49. The van der Waals surface area contributed by atoms with Gasteiger partial charge in [-0.2, -0.15) is 0 Å². The number of benzene rings is 2. The van der Waals surface area contributed by atoms with Gasteiger partial charge in [0.15, 0.2) is 11.5 Å². The Bertz CT molecular complexity index is 1250. The molecule has 1 saturated carbocycles. The second-order valence-electron chi connectivity index (χ2n) is 7.41. The zero-order valence-corrected chi connectivity index (χ0v) is 16.7. The van der Waals surface area contributed by atoms with Crippen LogP contribution in [0.3, 0.4) is 0 Å². The van der Waals surface area contributed by atoms with Gasteiger partial charge in [-0.25, -0.2) is 19.3 Å². The third-order valence-electron chi connectivity index (χ3n) is 5.49. The van der Waals surface area contributed by atoms with Gasteiger partial charge in [-0.1, -0.05) is 12.1 Å². The van der Waals surface area contributed by atoms with Crippen molar-refractivity contribution in [3.05, 3.63) is 65.2 Å². The predicted octanol–water partition coefficient (Wildman–Crippen LogP) is 4.11. The Morgan fingerprint density at radius 1 is 1.07 bits per heavy atom. The molecule has 0 amide bonds. The summed E-state index contributed by atoms with van der Waals surface area (Å²) in [5, 5.41) is 0. The van der Waals surface area contributed by atoms with Gasteiger partial charge in [-0.3, -0.25) is 0 Å². The van der Waals surface area contributed by atoms with Gasteiger partial charge >= 0.3 is 5.69 Å². The van der Waals surface area contributed by atoms with Crippen molar-refractivity contribution in [1.29, 1.82) is 0 Å². The monoisotopic (exact) mass is 402 g/mol. The average molecular weight is 402 g/mol. The van der Waals surface area contributed by atoms with Gasteiger partial charge in [0.1, 0.15) is 0 Å². The van der Waals surface area contributed by atoms with E-state index >= 15 is 0 Å². The van der Waals surface area contributed by atoms with Crippen molar-refractivity contribution < 1.29 is 9.47 Å². The average Bonchev–Trinajstić information content (AvgIpc) is 3.40. The Labute approximate surface area is 173 Å². The van der Waals surface area contributed by atoms with Gasteiger partial charge in [-0.15, -0.1) is 0 Å². The molecule has 2 aromatic carbocycles. The molecule has 1 aliphatic rings. The minimum absolute atomic E-state index is 0.222. The number of H-pyrrole nitrogens is 1. The maximum Gasteiger partial charge on any atom is 0.333 e. The molecule has 0 saturated heterocycles. The van der Waals surface area contributed by atoms with Crippen molar-refractivity contribution in [2.75, 3.05) is 7.11 Å². The molecular formula is C23H22N4O3. The van der Waals surface area contributed by atoms with Crippen LogP contribution in [0.1, 0.15) is 25.7 Å². The Kier molecular flexibility index (Phi) is 4.71. The van der Waals surface area contributed by atoms with Crippen LogP contribution in [0, 0.1) is 0 Å². The fraction of sp³-hybridized carbons (Fsp3) is 0.261. The van der Waals surface area contributed by atoms with Crippen LogP contribution in [-0.2, 0) is 0 Å². The molecule has 0 atom stereocenters. The Balaban J connectivity index is 1.55. The van der Waals surface area contributed by atoms with Crippen LogP contribution in [0.4, 0.5) is 0 Å². The number of hydrogen-bond donors (Lipinski definition) is 1. The minimum Gasteiger partial charge on any atom is -0.493 e. The highest BCUT2D eigenvalue weighted by Gasteiger charge is 2.19. The number of nitrogens with one attached hydrogen (secondary N) is 1. The number of para-hydroxylation sites is 2. The number of aromatic nitrogens is 4. The van der Waals surface area contributed by atoms with Crippen molar-refractivity contribution in [2.45, 2.75) is 31.8 Å². The number of methoxy groups -OCH3 is 1. The number of imidazole rings is 1. The molecule has 152 valence electrons. The molecule has 0 radical (unpaired) electrons. The summed E-state index contributed by atoms with van der Waals surface area (Å²) >= 11 is 0. The van der Waals surface area contributed by atoms with Crippen molar-refractivity contribution >= 4 is 11.0 Å². The molecule has 0 bridgehead atoms. The van der Waals surface area contributed by atoms with E-state index in [0.29, 0.717) is 23.1 Å². The van der Waals surface area contributed by atoms with Gasteiger partial charge in [0.25, 0.3) is 0 Å². The van der Waals surface area contributed by atoms with Crippen LogP contribution in [0.5, 0.6) is 11.5 Å². The first kappa shape index (κ1) is 18.4. The van der Waals surface area contributed by atoms with Crippen molar-refractivity contribution in [1.82, 2.24) is 19.5 Å². The second-order valence-corrected chi connectivity index (χ2v) is 7.41. The molecule has 1 aliphatic carbocycles. The van der Waals surface area contributed by atoms with E-state index in [4.69, 9.17) is 9.47 Å². The number of rotatable bonds is 5. The SMILES string of the molecule is COc1ccc(-c2ccnc(-n3c(=O)[nH]c4ccccc43)n2)cc1OC1CCCC1. The van der Waals surface area contributed by atoms with Crippen LogP contribution in [-0.4, -0.2) is 32.7 Å². The molecule has 0 aliphatic heterocycles. The quantitative estimate of drug-likeness (QED) is 0.543. The fourth-order valence-electron chi connectivity index (χ4n) is 3.98. The van der Waals surface area contributed by atoms with E-state index < -0.39 is 0 Å². The second kappa shape index (κ2) is 7.67. The van der Waals surface area contributed by atoms with Gasteiger partial charge in [0.05, 0.1) is 29.9 Å². The Morgan fingerprint density at radius 2 is 1.90 bits per heavy atom. The first-order valence-corrected chi connectivity index (χ1v) is 10.1. The molecule has 1 N–H and O–H groups in total. The van der Waals surface area contributed by atoms with Crippen LogP contribution in [0.25, 0.3) is 28.2 Å². The van der Waals surface area contributed by atoms with Gasteiger partial charge in [-0.05, 0) is 62.1 Å². The maximum atomic E-state index is 12.5. The lowest BCUT2D eigenvalue weighted by molar-refractivity contribution is 0.201. The standard InChI is InChI=1S/C23H22N4O3/c1-29-20-11-10-15(14-21(20)30-16-6-2-3-7-16)17-12-13-24-22(25-17)27-19-9-5-4-8-18(19)26-23(27)28/h4-5,8-14,16H,2-3,6-7H2,1H3,(H,26,28). The number of ether oxygens (including phenoxy) is 2. The van der Waals surface area contributed by atoms with Crippen LogP contribution >= 0.6 is 0 Å². The summed E-state index contributed by atoms with van der Waals surface area (Å²) in [6.45, 7) is 0. The smallest absolute Gasteiger partial charge is 0.333 e. The first-order chi connectivity index (χ1) is 14.7. The van der Waals surface area contributed by atoms with Crippen molar-refractivity contribution in [3.8, 4) is 28.7 Å². The highest BCUT2D eigenvalue weighted by atomic mass is 16.5. The van der Waals surface area contributed by atoms with Gasteiger partial charge in [0, 0.05) is 11.8 Å².